The molecule has 13 heavy (non-hydrogen) atoms. The average Bonchev–Trinajstić information content (AvgIpc) is 2.84. The summed E-state index contributed by atoms with van der Waals surface area (Å²) in [6, 6.07) is 6.97. The lowest BCUT2D eigenvalue weighted by molar-refractivity contribution is 0.606. The lowest BCUT2D eigenvalue weighted by atomic mass is 10.1. The summed E-state index contributed by atoms with van der Waals surface area (Å²) < 4.78 is 13.1. The number of rotatable bonds is 2. The first-order valence-electron chi connectivity index (χ1n) is 4.27. The Hall–Kier alpha value is -0.600. The predicted molar refractivity (Wildman–Crippen MR) is 53.6 cm³/mol. The van der Waals surface area contributed by atoms with E-state index >= 15 is 0 Å². The molecule has 1 saturated carbocycles. The van der Waals surface area contributed by atoms with Gasteiger partial charge < -0.3 is 5.73 Å². The third-order valence-electron chi connectivity index (χ3n) is 2.53. The van der Waals surface area contributed by atoms with E-state index < -0.39 is 0 Å². The number of benzene rings is 1. The largest absolute Gasteiger partial charge is 0.330 e. The first-order chi connectivity index (χ1) is 5.83. The standard InChI is InChI=1S/C10H12FN.ClH/c11-10-4-2-1-3-8(10)9-5-7(9)6-12;/h1-4,7,9H,5-6,12H2;1H/t7-,9+;/m0./s1. The molecule has 0 radical (unpaired) electrons. The number of hydrogen-bond donors (Lipinski definition) is 1. The number of nitrogens with two attached hydrogens (primary N) is 1. The van der Waals surface area contributed by atoms with Crippen LogP contribution < -0.4 is 5.73 Å². The highest BCUT2D eigenvalue weighted by atomic mass is 35.5. The summed E-state index contributed by atoms with van der Waals surface area (Å²) in [6.45, 7) is 0.680. The molecule has 1 aliphatic carbocycles. The Balaban J connectivity index is 0.000000845. The van der Waals surface area contributed by atoms with Crippen LogP contribution in [0.4, 0.5) is 4.39 Å². The Kier molecular flexibility index (Phi) is 3.28. The number of halogens is 2. The van der Waals surface area contributed by atoms with Crippen molar-refractivity contribution in [2.24, 2.45) is 11.7 Å². The van der Waals surface area contributed by atoms with E-state index in [0.29, 0.717) is 18.4 Å². The second-order valence-electron chi connectivity index (χ2n) is 3.36. The first-order valence-corrected chi connectivity index (χ1v) is 4.27. The van der Waals surface area contributed by atoms with Crippen molar-refractivity contribution >= 4 is 12.4 Å². The van der Waals surface area contributed by atoms with Crippen LogP contribution >= 0.6 is 12.4 Å². The van der Waals surface area contributed by atoms with Crippen molar-refractivity contribution in [3.63, 3.8) is 0 Å². The Morgan fingerprint density at radius 1 is 1.38 bits per heavy atom. The Morgan fingerprint density at radius 3 is 2.62 bits per heavy atom. The van der Waals surface area contributed by atoms with Gasteiger partial charge in [-0.1, -0.05) is 18.2 Å². The van der Waals surface area contributed by atoms with Crippen molar-refractivity contribution in [3.8, 4) is 0 Å². The van der Waals surface area contributed by atoms with Crippen LogP contribution in [0.5, 0.6) is 0 Å². The molecule has 1 fully saturated rings. The molecule has 3 heteroatoms. The summed E-state index contributed by atoms with van der Waals surface area (Å²) in [7, 11) is 0. The van der Waals surface area contributed by atoms with E-state index in [9.17, 15) is 4.39 Å². The summed E-state index contributed by atoms with van der Waals surface area (Å²) in [5.74, 6) is 0.816. The second kappa shape index (κ2) is 4.07. The van der Waals surface area contributed by atoms with Gasteiger partial charge in [-0.25, -0.2) is 4.39 Å². The van der Waals surface area contributed by atoms with Gasteiger partial charge in [0.15, 0.2) is 0 Å². The van der Waals surface area contributed by atoms with Crippen LogP contribution in [0.2, 0.25) is 0 Å². The van der Waals surface area contributed by atoms with Gasteiger partial charge >= 0.3 is 0 Å². The van der Waals surface area contributed by atoms with Crippen molar-refractivity contribution in [2.45, 2.75) is 12.3 Å². The van der Waals surface area contributed by atoms with Gasteiger partial charge in [0.05, 0.1) is 0 Å². The van der Waals surface area contributed by atoms with E-state index in [1.807, 2.05) is 12.1 Å². The minimum atomic E-state index is -0.0848. The molecule has 0 unspecified atom stereocenters. The molecule has 1 aromatic carbocycles. The van der Waals surface area contributed by atoms with E-state index in [-0.39, 0.29) is 18.2 Å². The molecule has 0 aliphatic heterocycles. The van der Waals surface area contributed by atoms with Gasteiger partial charge in [0.2, 0.25) is 0 Å². The summed E-state index contributed by atoms with van der Waals surface area (Å²) in [4.78, 5) is 0. The molecular weight excluding hydrogens is 189 g/mol. The highest BCUT2D eigenvalue weighted by Gasteiger charge is 2.38. The lowest BCUT2D eigenvalue weighted by Crippen LogP contribution is -2.02. The van der Waals surface area contributed by atoms with Crippen LogP contribution in [0.1, 0.15) is 17.9 Å². The minimum absolute atomic E-state index is 0. The van der Waals surface area contributed by atoms with E-state index in [2.05, 4.69) is 0 Å². The molecule has 1 nitrogen and oxygen atoms in total. The zero-order chi connectivity index (χ0) is 8.55. The Morgan fingerprint density at radius 2 is 2.08 bits per heavy atom. The van der Waals surface area contributed by atoms with Crippen molar-refractivity contribution in [3.05, 3.63) is 35.6 Å². The molecule has 2 rings (SSSR count). The molecule has 0 aromatic heterocycles. The fraction of sp³-hybridized carbons (Fsp3) is 0.400. The van der Waals surface area contributed by atoms with E-state index in [4.69, 9.17) is 5.73 Å². The fourth-order valence-corrected chi connectivity index (χ4v) is 1.66. The van der Waals surface area contributed by atoms with Crippen molar-refractivity contribution < 1.29 is 4.39 Å². The molecule has 0 bridgehead atoms. The highest BCUT2D eigenvalue weighted by Crippen LogP contribution is 2.47. The van der Waals surface area contributed by atoms with E-state index in [0.717, 1.165) is 12.0 Å². The lowest BCUT2D eigenvalue weighted by Gasteiger charge is -1.99. The van der Waals surface area contributed by atoms with Crippen molar-refractivity contribution in [2.75, 3.05) is 6.54 Å². The molecule has 0 amide bonds. The highest BCUT2D eigenvalue weighted by molar-refractivity contribution is 5.85. The molecule has 72 valence electrons. The van der Waals surface area contributed by atoms with Gasteiger partial charge in [0, 0.05) is 0 Å². The Bertz CT molecular complexity index is 290. The minimum Gasteiger partial charge on any atom is -0.330 e. The number of hydrogen-bond acceptors (Lipinski definition) is 1. The van der Waals surface area contributed by atoms with Crippen LogP contribution in [0.25, 0.3) is 0 Å². The Labute approximate surface area is 83.5 Å². The van der Waals surface area contributed by atoms with Gasteiger partial charge in [-0.15, -0.1) is 12.4 Å². The molecule has 2 N–H and O–H groups in total. The SMILES string of the molecule is Cl.NC[C@@H]1C[C@H]1c1ccccc1F. The maximum absolute atomic E-state index is 13.1. The molecule has 1 aromatic rings. The molecule has 1 aliphatic rings. The average molecular weight is 202 g/mol. The topological polar surface area (TPSA) is 26.0 Å². The molecule has 0 heterocycles. The van der Waals surface area contributed by atoms with Crippen LogP contribution in [0.15, 0.2) is 24.3 Å². The van der Waals surface area contributed by atoms with Crippen molar-refractivity contribution in [1.29, 1.82) is 0 Å². The molecule has 0 saturated heterocycles. The predicted octanol–water partition coefficient (Wildman–Crippen LogP) is 2.31. The fourth-order valence-electron chi connectivity index (χ4n) is 1.66. The van der Waals surface area contributed by atoms with Gasteiger partial charge in [0.25, 0.3) is 0 Å². The summed E-state index contributed by atoms with van der Waals surface area (Å²) >= 11 is 0. The molecule has 2 atom stereocenters. The van der Waals surface area contributed by atoms with Gasteiger partial charge in [-0.05, 0) is 36.4 Å². The summed E-state index contributed by atoms with van der Waals surface area (Å²) in [5, 5.41) is 0. The second-order valence-corrected chi connectivity index (χ2v) is 3.36. The third-order valence-corrected chi connectivity index (χ3v) is 2.53. The van der Waals surface area contributed by atoms with Crippen LogP contribution in [0.3, 0.4) is 0 Å². The van der Waals surface area contributed by atoms with Gasteiger partial charge in [-0.2, -0.15) is 0 Å². The first kappa shape index (κ1) is 10.5. The van der Waals surface area contributed by atoms with Crippen LogP contribution in [-0.2, 0) is 0 Å². The van der Waals surface area contributed by atoms with E-state index in [1.54, 1.807) is 6.07 Å². The normalized spacial score (nSPS) is 25.1. The zero-order valence-corrected chi connectivity index (χ0v) is 8.06. The quantitative estimate of drug-likeness (QED) is 0.781. The van der Waals surface area contributed by atoms with Gasteiger partial charge in [-0.3, -0.25) is 0 Å². The monoisotopic (exact) mass is 201 g/mol. The third kappa shape index (κ3) is 2.01. The summed E-state index contributed by atoms with van der Waals surface area (Å²) in [5.41, 5.74) is 6.33. The smallest absolute Gasteiger partial charge is 0.126 e. The van der Waals surface area contributed by atoms with Crippen LogP contribution in [-0.4, -0.2) is 6.54 Å². The zero-order valence-electron chi connectivity index (χ0n) is 7.24. The maximum atomic E-state index is 13.1. The van der Waals surface area contributed by atoms with Crippen molar-refractivity contribution in [1.82, 2.24) is 0 Å². The maximum Gasteiger partial charge on any atom is 0.126 e. The molecular formula is C10H13ClFN. The van der Waals surface area contributed by atoms with Gasteiger partial charge in [0.1, 0.15) is 5.82 Å². The molecule has 0 spiro atoms. The van der Waals surface area contributed by atoms with E-state index in [1.165, 1.54) is 6.07 Å². The van der Waals surface area contributed by atoms with Crippen LogP contribution in [0, 0.1) is 11.7 Å². The summed E-state index contributed by atoms with van der Waals surface area (Å²) in [6.07, 6.45) is 1.05.